The van der Waals surface area contributed by atoms with E-state index in [0.717, 1.165) is 25.1 Å². The highest BCUT2D eigenvalue weighted by Crippen LogP contribution is 2.15. The van der Waals surface area contributed by atoms with Gasteiger partial charge < -0.3 is 10.6 Å². The van der Waals surface area contributed by atoms with Crippen molar-refractivity contribution in [3.63, 3.8) is 0 Å². The molecule has 0 spiro atoms. The first kappa shape index (κ1) is 16.7. The quantitative estimate of drug-likeness (QED) is 0.717. The molecule has 20 heavy (non-hydrogen) atoms. The van der Waals surface area contributed by atoms with Crippen molar-refractivity contribution in [1.82, 2.24) is 10.6 Å². The van der Waals surface area contributed by atoms with E-state index < -0.39 is 0 Å². The van der Waals surface area contributed by atoms with Crippen LogP contribution in [-0.2, 0) is 11.2 Å². The monoisotopic (exact) mass is 276 g/mol. The van der Waals surface area contributed by atoms with E-state index in [0.29, 0.717) is 12.3 Å². The van der Waals surface area contributed by atoms with Crippen LogP contribution in [0.15, 0.2) is 24.3 Å². The molecule has 3 nitrogen and oxygen atoms in total. The lowest BCUT2D eigenvalue weighted by Crippen LogP contribution is -2.29. The molecule has 1 atom stereocenters. The fraction of sp³-hybridized carbons (Fsp3) is 0.588. The van der Waals surface area contributed by atoms with E-state index in [-0.39, 0.29) is 11.9 Å². The third-order valence-corrected chi connectivity index (χ3v) is 3.28. The van der Waals surface area contributed by atoms with E-state index in [1.54, 1.807) is 0 Å². The third-order valence-electron chi connectivity index (χ3n) is 3.28. The van der Waals surface area contributed by atoms with Crippen LogP contribution in [0.3, 0.4) is 0 Å². The molecule has 0 radical (unpaired) electrons. The van der Waals surface area contributed by atoms with Crippen LogP contribution < -0.4 is 10.6 Å². The Balaban J connectivity index is 2.46. The summed E-state index contributed by atoms with van der Waals surface area (Å²) in [7, 11) is 0. The Morgan fingerprint density at radius 3 is 2.35 bits per heavy atom. The van der Waals surface area contributed by atoms with E-state index in [9.17, 15) is 4.79 Å². The zero-order valence-electron chi connectivity index (χ0n) is 13.2. The van der Waals surface area contributed by atoms with Crippen molar-refractivity contribution >= 4 is 5.91 Å². The fourth-order valence-corrected chi connectivity index (χ4v) is 2.19. The molecule has 112 valence electrons. The SMILES string of the molecule is CCNCCC(=O)NC(C)c1ccc(CC(C)C)cc1. The molecule has 0 aliphatic heterocycles. The Bertz CT molecular complexity index is 398. The van der Waals surface area contributed by atoms with Gasteiger partial charge in [-0.25, -0.2) is 0 Å². The predicted octanol–water partition coefficient (Wildman–Crippen LogP) is 3.06. The molecule has 1 aromatic rings. The summed E-state index contributed by atoms with van der Waals surface area (Å²) in [5.74, 6) is 0.772. The smallest absolute Gasteiger partial charge is 0.221 e. The summed E-state index contributed by atoms with van der Waals surface area (Å²) in [6.45, 7) is 10.2. The molecule has 0 fully saturated rings. The zero-order valence-corrected chi connectivity index (χ0v) is 13.2. The number of carbonyl (C=O) groups excluding carboxylic acids is 1. The first-order valence-electron chi connectivity index (χ1n) is 7.61. The molecule has 0 heterocycles. The van der Waals surface area contributed by atoms with Crippen LogP contribution >= 0.6 is 0 Å². The Morgan fingerprint density at radius 2 is 1.80 bits per heavy atom. The van der Waals surface area contributed by atoms with Gasteiger partial charge in [-0.15, -0.1) is 0 Å². The summed E-state index contributed by atoms with van der Waals surface area (Å²) in [6.07, 6.45) is 1.63. The van der Waals surface area contributed by atoms with Gasteiger partial charge in [0.05, 0.1) is 6.04 Å². The summed E-state index contributed by atoms with van der Waals surface area (Å²) >= 11 is 0. The Labute approximate surface area is 123 Å². The highest BCUT2D eigenvalue weighted by Gasteiger charge is 2.09. The summed E-state index contributed by atoms with van der Waals surface area (Å²) in [6, 6.07) is 8.63. The number of amides is 1. The molecule has 1 aromatic carbocycles. The van der Waals surface area contributed by atoms with E-state index in [4.69, 9.17) is 0 Å². The van der Waals surface area contributed by atoms with Gasteiger partial charge in [-0.3, -0.25) is 4.79 Å². The maximum atomic E-state index is 11.8. The van der Waals surface area contributed by atoms with Crippen LogP contribution in [-0.4, -0.2) is 19.0 Å². The van der Waals surface area contributed by atoms with Crippen LogP contribution in [0.1, 0.15) is 51.3 Å². The first-order valence-corrected chi connectivity index (χ1v) is 7.61. The molecule has 3 heteroatoms. The maximum absolute atomic E-state index is 11.8. The van der Waals surface area contributed by atoms with Gasteiger partial charge in [-0.05, 0) is 36.9 Å². The van der Waals surface area contributed by atoms with Gasteiger partial charge in [0.2, 0.25) is 5.91 Å². The largest absolute Gasteiger partial charge is 0.350 e. The van der Waals surface area contributed by atoms with Gasteiger partial charge in [0, 0.05) is 13.0 Å². The van der Waals surface area contributed by atoms with Crippen molar-refractivity contribution in [1.29, 1.82) is 0 Å². The summed E-state index contributed by atoms with van der Waals surface area (Å²) in [4.78, 5) is 11.8. The van der Waals surface area contributed by atoms with Crippen LogP contribution in [0, 0.1) is 5.92 Å². The highest BCUT2D eigenvalue weighted by molar-refractivity contribution is 5.76. The number of hydrogen-bond acceptors (Lipinski definition) is 2. The molecule has 2 N–H and O–H groups in total. The fourth-order valence-electron chi connectivity index (χ4n) is 2.19. The van der Waals surface area contributed by atoms with E-state index in [1.165, 1.54) is 5.56 Å². The minimum atomic E-state index is 0.0669. The molecule has 1 rings (SSSR count). The van der Waals surface area contributed by atoms with Gasteiger partial charge in [-0.1, -0.05) is 45.0 Å². The maximum Gasteiger partial charge on any atom is 0.221 e. The highest BCUT2D eigenvalue weighted by atomic mass is 16.1. The van der Waals surface area contributed by atoms with Crippen LogP contribution in [0.2, 0.25) is 0 Å². The topological polar surface area (TPSA) is 41.1 Å². The summed E-state index contributed by atoms with van der Waals surface area (Å²) in [5.41, 5.74) is 2.52. The van der Waals surface area contributed by atoms with Crippen LogP contribution in [0.25, 0.3) is 0 Å². The zero-order chi connectivity index (χ0) is 15.0. The van der Waals surface area contributed by atoms with Crippen molar-refractivity contribution in [3.8, 4) is 0 Å². The van der Waals surface area contributed by atoms with Crippen molar-refractivity contribution in [3.05, 3.63) is 35.4 Å². The summed E-state index contributed by atoms with van der Waals surface area (Å²) < 4.78 is 0. The number of hydrogen-bond donors (Lipinski definition) is 2. The molecule has 0 saturated heterocycles. The molecule has 0 aromatic heterocycles. The second-order valence-corrected chi connectivity index (χ2v) is 5.73. The minimum absolute atomic E-state index is 0.0669. The van der Waals surface area contributed by atoms with Gasteiger partial charge in [0.25, 0.3) is 0 Å². The average Bonchev–Trinajstić information content (AvgIpc) is 2.39. The van der Waals surface area contributed by atoms with Gasteiger partial charge >= 0.3 is 0 Å². The van der Waals surface area contributed by atoms with Crippen LogP contribution in [0.5, 0.6) is 0 Å². The number of carbonyl (C=O) groups is 1. The van der Waals surface area contributed by atoms with Gasteiger partial charge in [0.15, 0.2) is 0 Å². The second-order valence-electron chi connectivity index (χ2n) is 5.73. The molecule has 0 saturated carbocycles. The van der Waals surface area contributed by atoms with E-state index in [2.05, 4.69) is 48.7 Å². The van der Waals surface area contributed by atoms with Crippen molar-refractivity contribution in [2.24, 2.45) is 5.92 Å². The Morgan fingerprint density at radius 1 is 1.15 bits per heavy atom. The van der Waals surface area contributed by atoms with E-state index in [1.807, 2.05) is 13.8 Å². The molecular formula is C17H28N2O. The normalized spacial score (nSPS) is 12.4. The van der Waals surface area contributed by atoms with Crippen molar-refractivity contribution in [2.75, 3.05) is 13.1 Å². The lowest BCUT2D eigenvalue weighted by Gasteiger charge is -2.15. The number of nitrogens with one attached hydrogen (secondary N) is 2. The second kappa shape index (κ2) is 8.75. The third kappa shape index (κ3) is 6.20. The molecule has 1 amide bonds. The molecule has 1 unspecified atom stereocenters. The molecule has 0 bridgehead atoms. The molecule has 0 aliphatic carbocycles. The summed E-state index contributed by atoms with van der Waals surface area (Å²) in [5, 5.41) is 6.19. The van der Waals surface area contributed by atoms with Crippen molar-refractivity contribution < 1.29 is 4.79 Å². The number of rotatable bonds is 8. The number of benzene rings is 1. The van der Waals surface area contributed by atoms with Crippen molar-refractivity contribution in [2.45, 2.75) is 46.6 Å². The Kier molecular flexibility index (Phi) is 7.31. The minimum Gasteiger partial charge on any atom is -0.350 e. The molecule has 0 aliphatic rings. The predicted molar refractivity (Wildman–Crippen MR) is 84.7 cm³/mol. The van der Waals surface area contributed by atoms with E-state index >= 15 is 0 Å². The van der Waals surface area contributed by atoms with Gasteiger partial charge in [-0.2, -0.15) is 0 Å². The lowest BCUT2D eigenvalue weighted by molar-refractivity contribution is -0.121. The van der Waals surface area contributed by atoms with Crippen LogP contribution in [0.4, 0.5) is 0 Å². The lowest BCUT2D eigenvalue weighted by atomic mass is 10.00. The standard InChI is InChI=1S/C17H28N2O/c1-5-18-11-10-17(20)19-14(4)16-8-6-15(7-9-16)12-13(2)3/h6-9,13-14,18H,5,10-12H2,1-4H3,(H,19,20). The average molecular weight is 276 g/mol. The molecular weight excluding hydrogens is 248 g/mol. The Hall–Kier alpha value is -1.35. The first-order chi connectivity index (χ1) is 9.52. The van der Waals surface area contributed by atoms with Gasteiger partial charge in [0.1, 0.15) is 0 Å².